The third-order valence-electron chi connectivity index (χ3n) is 4.78. The molecule has 0 aliphatic carbocycles. The van der Waals surface area contributed by atoms with Crippen LogP contribution in [0.3, 0.4) is 0 Å². The van der Waals surface area contributed by atoms with E-state index in [0.717, 1.165) is 18.2 Å². The Kier molecular flexibility index (Phi) is 8.55. The summed E-state index contributed by atoms with van der Waals surface area (Å²) >= 11 is 0. The van der Waals surface area contributed by atoms with Gasteiger partial charge in [0, 0.05) is 11.8 Å². The Balaban J connectivity index is 2.12. The molecule has 3 N–H and O–H groups in total. The Morgan fingerprint density at radius 1 is 0.805 bits per heavy atom. The summed E-state index contributed by atoms with van der Waals surface area (Å²) in [7, 11) is 15.9. The van der Waals surface area contributed by atoms with Gasteiger partial charge in [0.15, 0.2) is 17.3 Å². The van der Waals surface area contributed by atoms with Crippen molar-refractivity contribution in [3.8, 4) is 23.0 Å². The number of nitrogens with two attached hydrogens (primary N) is 1. The number of hydrogen-bond donors (Lipinski definition) is 2. The molecule has 0 unspecified atom stereocenters. The number of carbonyl (C=O) groups excluding carboxylic acids is 2. The molecule has 2 amide bonds. The van der Waals surface area contributed by atoms with Crippen molar-refractivity contribution in [2.45, 2.75) is 17.8 Å². The summed E-state index contributed by atoms with van der Waals surface area (Å²) < 4.78 is 121. The zero-order valence-electron chi connectivity index (χ0n) is 20.0. The highest BCUT2D eigenvalue weighted by Crippen LogP contribution is 2.41. The quantitative estimate of drug-likeness (QED) is 0.302. The highest BCUT2D eigenvalue weighted by Gasteiger charge is 2.38. The van der Waals surface area contributed by atoms with Crippen LogP contribution in [0.25, 0.3) is 0 Å². The van der Waals surface area contributed by atoms with E-state index >= 15 is 4.39 Å². The molecule has 0 heterocycles. The summed E-state index contributed by atoms with van der Waals surface area (Å²) in [6, 6.07) is 4.99. The van der Waals surface area contributed by atoms with Gasteiger partial charge in [0.2, 0.25) is 0 Å². The molecule has 3 aromatic rings. The highest BCUT2D eigenvalue weighted by molar-refractivity contribution is 6.58. The molecule has 18 heteroatoms. The Bertz CT molecular complexity index is 1490. The van der Waals surface area contributed by atoms with E-state index in [4.69, 9.17) is 38.7 Å². The van der Waals surface area contributed by atoms with E-state index in [1.807, 2.05) is 5.32 Å². The van der Waals surface area contributed by atoms with Crippen LogP contribution in [0.5, 0.6) is 23.0 Å². The summed E-state index contributed by atoms with van der Waals surface area (Å²) in [6.45, 7) is 0. The average molecular weight is 580 g/mol. The highest BCUT2D eigenvalue weighted by atomic mass is 19.4. The predicted octanol–water partition coefficient (Wildman–Crippen LogP) is 4.52. The lowest BCUT2D eigenvalue weighted by Crippen LogP contribution is -2.37. The molecule has 3 rings (SSSR count). The Labute approximate surface area is 229 Å². The maximum Gasteiger partial charge on any atom is 0.573 e. The Morgan fingerprint density at radius 2 is 1.44 bits per heavy atom. The number of alkyl halides is 6. The Hall–Kier alpha value is -4.37. The van der Waals surface area contributed by atoms with E-state index in [2.05, 4.69) is 4.74 Å². The second kappa shape index (κ2) is 11.3. The molecule has 208 valence electrons. The molecule has 0 spiro atoms. The molecule has 0 bridgehead atoms. The molecule has 0 saturated heterocycles. The lowest BCUT2D eigenvalue weighted by molar-refractivity contribution is -0.274. The summed E-state index contributed by atoms with van der Waals surface area (Å²) in [6.07, 6.45) is -10.5. The minimum atomic E-state index is -5.30. The van der Waals surface area contributed by atoms with Crippen molar-refractivity contribution < 1.29 is 58.9 Å². The van der Waals surface area contributed by atoms with Crippen molar-refractivity contribution >= 4 is 41.0 Å². The number of benzene rings is 3. The molecular weight excluding hydrogens is 569 g/mol. The predicted molar refractivity (Wildman–Crippen MR) is 128 cm³/mol. The fourth-order valence-corrected chi connectivity index (χ4v) is 3.22. The first-order valence-electron chi connectivity index (χ1n) is 10.7. The zero-order chi connectivity index (χ0) is 30.9. The second-order valence-electron chi connectivity index (χ2n) is 8.03. The van der Waals surface area contributed by atoms with E-state index in [1.165, 1.54) is 0 Å². The standard InChI is InChI=1S/C23H11B3F8N2O5/c24-22(25,26)41-16-8-10(40-23(32,33)34)2-5-14(16)39-15-6-3-12(21(29,30)31)18(28)17(15)20(38)36-9-1-4-13(27)11(7-9)19(35)37/h1-8H,(H2,35,37)(H,36,38). The van der Waals surface area contributed by atoms with Crippen molar-refractivity contribution in [2.24, 2.45) is 5.73 Å². The first-order valence-corrected chi connectivity index (χ1v) is 10.7. The number of carbonyl (C=O) groups is 2. The monoisotopic (exact) mass is 580 g/mol. The first-order chi connectivity index (χ1) is 18.7. The third-order valence-corrected chi connectivity index (χ3v) is 4.78. The molecule has 0 fully saturated rings. The van der Waals surface area contributed by atoms with Gasteiger partial charge in [-0.1, -0.05) is 0 Å². The minimum Gasteiger partial charge on any atom is -0.512 e. The molecule has 7 nitrogen and oxygen atoms in total. The molecule has 3 aromatic carbocycles. The van der Waals surface area contributed by atoms with Crippen LogP contribution in [0.15, 0.2) is 48.5 Å². The fraction of sp³-hybridized carbons (Fsp3) is 0.130. The summed E-state index contributed by atoms with van der Waals surface area (Å²) in [5, 5.41) is -0.563. The molecule has 0 aromatic heterocycles. The van der Waals surface area contributed by atoms with Crippen molar-refractivity contribution in [3.05, 3.63) is 76.9 Å². The van der Waals surface area contributed by atoms with Crippen LogP contribution in [0.1, 0.15) is 26.3 Å². The number of ether oxygens (including phenoxy) is 3. The number of anilines is 1. The largest absolute Gasteiger partial charge is 0.573 e. The molecule has 6 radical (unpaired) electrons. The number of hydrogen-bond acceptors (Lipinski definition) is 5. The van der Waals surface area contributed by atoms with Gasteiger partial charge in [0.05, 0.1) is 11.1 Å². The van der Waals surface area contributed by atoms with Crippen LogP contribution in [-0.2, 0) is 6.18 Å². The molecular formula is C23H11B3F8N2O5. The van der Waals surface area contributed by atoms with Gasteiger partial charge in [-0.2, -0.15) is 13.2 Å². The van der Waals surface area contributed by atoms with Crippen LogP contribution >= 0.6 is 0 Å². The maximum absolute atomic E-state index is 15.1. The summed E-state index contributed by atoms with van der Waals surface area (Å²) in [5.74, 6) is -9.31. The summed E-state index contributed by atoms with van der Waals surface area (Å²) in [4.78, 5) is 24.4. The number of primary amides is 1. The van der Waals surface area contributed by atoms with Crippen LogP contribution < -0.4 is 25.3 Å². The minimum absolute atomic E-state index is 0.214. The topological polar surface area (TPSA) is 99.9 Å². The normalized spacial score (nSPS) is 12.0. The van der Waals surface area contributed by atoms with E-state index < -0.39 is 81.0 Å². The van der Waals surface area contributed by atoms with E-state index in [9.17, 15) is 40.3 Å². The van der Waals surface area contributed by atoms with Gasteiger partial charge in [-0.05, 0) is 47.8 Å². The SMILES string of the molecule is [B]C([B])([B])Oc1cc(OC(F)(F)F)ccc1Oc1ccc(C(F)(F)F)c(F)c1C(=O)Nc1ccc(F)c(C(N)=O)c1. The van der Waals surface area contributed by atoms with Crippen LogP contribution in [-0.4, -0.2) is 47.0 Å². The molecule has 0 atom stereocenters. The maximum atomic E-state index is 15.1. The average Bonchev–Trinajstić information content (AvgIpc) is 2.79. The van der Waals surface area contributed by atoms with Crippen molar-refractivity contribution in [1.29, 1.82) is 0 Å². The molecule has 0 aliphatic heterocycles. The fourth-order valence-electron chi connectivity index (χ4n) is 3.22. The van der Waals surface area contributed by atoms with Crippen LogP contribution in [0, 0.1) is 11.6 Å². The van der Waals surface area contributed by atoms with Gasteiger partial charge in [0.1, 0.15) is 46.4 Å². The lowest BCUT2D eigenvalue weighted by Gasteiger charge is -2.25. The lowest BCUT2D eigenvalue weighted by atomic mass is 9.52. The third kappa shape index (κ3) is 8.08. The van der Waals surface area contributed by atoms with Crippen LogP contribution in [0.2, 0.25) is 0 Å². The number of halogens is 8. The van der Waals surface area contributed by atoms with E-state index in [0.29, 0.717) is 24.3 Å². The smallest absolute Gasteiger partial charge is 0.512 e. The van der Waals surface area contributed by atoms with Gasteiger partial charge in [-0.25, -0.2) is 8.78 Å². The van der Waals surface area contributed by atoms with Crippen LogP contribution in [0.4, 0.5) is 40.8 Å². The molecule has 0 saturated carbocycles. The zero-order valence-corrected chi connectivity index (χ0v) is 20.0. The van der Waals surface area contributed by atoms with Crippen molar-refractivity contribution in [2.75, 3.05) is 5.32 Å². The number of nitrogens with one attached hydrogen (secondary N) is 1. The van der Waals surface area contributed by atoms with Gasteiger partial charge in [0.25, 0.3) is 11.8 Å². The van der Waals surface area contributed by atoms with Gasteiger partial charge < -0.3 is 25.3 Å². The Morgan fingerprint density at radius 3 is 2.00 bits per heavy atom. The number of amides is 2. The molecule has 41 heavy (non-hydrogen) atoms. The van der Waals surface area contributed by atoms with E-state index in [1.54, 1.807) is 0 Å². The number of rotatable bonds is 8. The summed E-state index contributed by atoms with van der Waals surface area (Å²) in [5.41, 5.74) is 0.661. The second-order valence-corrected chi connectivity index (χ2v) is 8.03. The van der Waals surface area contributed by atoms with Crippen molar-refractivity contribution in [1.82, 2.24) is 0 Å². The van der Waals surface area contributed by atoms with E-state index in [-0.39, 0.29) is 11.8 Å². The molecule has 0 aliphatic rings. The first kappa shape index (κ1) is 31.2. The van der Waals surface area contributed by atoms with Gasteiger partial charge >= 0.3 is 12.5 Å². The van der Waals surface area contributed by atoms with Gasteiger partial charge in [-0.3, -0.25) is 9.59 Å². The van der Waals surface area contributed by atoms with Gasteiger partial charge in [-0.15, -0.1) is 13.2 Å². The van der Waals surface area contributed by atoms with Crippen molar-refractivity contribution in [3.63, 3.8) is 0 Å².